The minimum Gasteiger partial charge on any atom is -0.410 e. The number of nitrogens with zero attached hydrogens (tertiary/aromatic N) is 1. The Morgan fingerprint density at radius 1 is 0.941 bits per heavy atom. The van der Waals surface area contributed by atoms with Crippen LogP contribution in [0.25, 0.3) is 0 Å². The van der Waals surface area contributed by atoms with Crippen molar-refractivity contribution in [1.82, 2.24) is 0 Å². The van der Waals surface area contributed by atoms with E-state index in [4.69, 9.17) is 4.74 Å². The number of anilines is 2. The first-order chi connectivity index (χ1) is 16.3. The molecule has 2 N–H and O–H groups in total. The van der Waals surface area contributed by atoms with Gasteiger partial charge in [-0.05, 0) is 81.6 Å². The highest BCUT2D eigenvalue weighted by Gasteiger charge is 2.22. The van der Waals surface area contributed by atoms with Crippen LogP contribution in [0.15, 0.2) is 72.8 Å². The SMILES string of the molecule is CCC(c1cccc(N(C(C)C)C(C)C)c1)c1cc(CO)ccc1OC(=O)Nc1ccccc1. The second kappa shape index (κ2) is 11.7. The highest BCUT2D eigenvalue weighted by atomic mass is 16.6. The molecule has 1 atom stereocenters. The number of benzene rings is 3. The standard InChI is InChI=1S/C29H36N2O3/c1-6-26(23-11-10-14-25(18-23)31(20(2)3)21(4)5)27-17-22(19-32)15-16-28(27)34-29(33)30-24-12-8-7-9-13-24/h7-18,20-21,26,32H,6,19H2,1-5H3,(H,30,33). The summed E-state index contributed by atoms with van der Waals surface area (Å²) < 4.78 is 5.77. The number of rotatable bonds is 9. The lowest BCUT2D eigenvalue weighted by Crippen LogP contribution is -2.37. The van der Waals surface area contributed by atoms with E-state index in [9.17, 15) is 9.90 Å². The van der Waals surface area contributed by atoms with Gasteiger partial charge in [0.25, 0.3) is 0 Å². The molecule has 0 spiro atoms. The molecule has 0 heterocycles. The molecule has 0 bridgehead atoms. The number of hydrogen-bond acceptors (Lipinski definition) is 4. The Kier molecular flexibility index (Phi) is 8.72. The topological polar surface area (TPSA) is 61.8 Å². The number of aliphatic hydroxyl groups excluding tert-OH is 1. The maximum Gasteiger partial charge on any atom is 0.417 e. The zero-order chi connectivity index (χ0) is 24.7. The Balaban J connectivity index is 1.96. The van der Waals surface area contributed by atoms with Gasteiger partial charge in [0.15, 0.2) is 0 Å². The van der Waals surface area contributed by atoms with Crippen LogP contribution < -0.4 is 15.0 Å². The molecule has 180 valence electrons. The molecule has 0 aliphatic heterocycles. The van der Waals surface area contributed by atoms with Crippen molar-refractivity contribution in [3.8, 4) is 5.75 Å². The number of carbonyl (C=O) groups is 1. The van der Waals surface area contributed by atoms with Gasteiger partial charge in [0, 0.05) is 34.9 Å². The summed E-state index contributed by atoms with van der Waals surface area (Å²) in [7, 11) is 0. The van der Waals surface area contributed by atoms with E-state index in [0.29, 0.717) is 23.5 Å². The largest absolute Gasteiger partial charge is 0.417 e. The average Bonchev–Trinajstić information content (AvgIpc) is 2.81. The highest BCUT2D eigenvalue weighted by molar-refractivity contribution is 5.86. The number of para-hydroxylation sites is 1. The molecular weight excluding hydrogens is 424 g/mol. The fourth-order valence-corrected chi connectivity index (χ4v) is 4.56. The molecule has 0 fully saturated rings. The molecule has 0 radical (unpaired) electrons. The van der Waals surface area contributed by atoms with Crippen molar-refractivity contribution in [2.24, 2.45) is 0 Å². The van der Waals surface area contributed by atoms with Crippen molar-refractivity contribution in [3.63, 3.8) is 0 Å². The maximum absolute atomic E-state index is 12.6. The van der Waals surface area contributed by atoms with Crippen LogP contribution in [-0.4, -0.2) is 23.3 Å². The molecule has 3 aromatic rings. The molecule has 1 unspecified atom stereocenters. The van der Waals surface area contributed by atoms with Gasteiger partial charge in [-0.3, -0.25) is 5.32 Å². The maximum atomic E-state index is 12.6. The zero-order valence-corrected chi connectivity index (χ0v) is 20.8. The molecular formula is C29H36N2O3. The van der Waals surface area contributed by atoms with Crippen molar-refractivity contribution in [1.29, 1.82) is 0 Å². The summed E-state index contributed by atoms with van der Waals surface area (Å²) in [6.07, 6.45) is 0.275. The van der Waals surface area contributed by atoms with E-state index in [2.05, 4.69) is 69.1 Å². The van der Waals surface area contributed by atoms with Crippen LogP contribution in [0.2, 0.25) is 0 Å². The van der Waals surface area contributed by atoms with Crippen molar-refractivity contribution in [3.05, 3.63) is 89.5 Å². The van der Waals surface area contributed by atoms with Crippen LogP contribution in [0.1, 0.15) is 63.6 Å². The van der Waals surface area contributed by atoms with E-state index >= 15 is 0 Å². The summed E-state index contributed by atoms with van der Waals surface area (Å²) >= 11 is 0. The smallest absolute Gasteiger partial charge is 0.410 e. The minimum absolute atomic E-state index is 0.00662. The van der Waals surface area contributed by atoms with Crippen molar-refractivity contribution in [2.45, 2.75) is 65.6 Å². The first-order valence-electron chi connectivity index (χ1n) is 12.0. The Labute approximate surface area is 203 Å². The first-order valence-corrected chi connectivity index (χ1v) is 12.0. The molecule has 5 nitrogen and oxygen atoms in total. The number of amides is 1. The summed E-state index contributed by atoms with van der Waals surface area (Å²) in [4.78, 5) is 15.0. The van der Waals surface area contributed by atoms with E-state index in [1.54, 1.807) is 12.1 Å². The Bertz CT molecular complexity index is 1070. The van der Waals surface area contributed by atoms with Gasteiger partial charge in [-0.2, -0.15) is 0 Å². The van der Waals surface area contributed by atoms with Crippen LogP contribution in [0.5, 0.6) is 5.75 Å². The summed E-state index contributed by atoms with van der Waals surface area (Å²) in [6, 6.07) is 24.0. The highest BCUT2D eigenvalue weighted by Crippen LogP contribution is 2.37. The Morgan fingerprint density at radius 2 is 1.65 bits per heavy atom. The van der Waals surface area contributed by atoms with E-state index in [1.807, 2.05) is 36.4 Å². The zero-order valence-electron chi connectivity index (χ0n) is 20.8. The van der Waals surface area contributed by atoms with Crippen LogP contribution in [-0.2, 0) is 6.61 Å². The van der Waals surface area contributed by atoms with Crippen LogP contribution in [0, 0.1) is 0 Å². The van der Waals surface area contributed by atoms with Gasteiger partial charge in [0.05, 0.1) is 6.61 Å². The summed E-state index contributed by atoms with van der Waals surface area (Å²) in [6.45, 7) is 10.9. The van der Waals surface area contributed by atoms with Gasteiger partial charge in [-0.25, -0.2) is 4.79 Å². The lowest BCUT2D eigenvalue weighted by Gasteiger charge is -2.34. The minimum atomic E-state index is -0.543. The third kappa shape index (κ3) is 6.17. The molecule has 0 aliphatic rings. The third-order valence-electron chi connectivity index (χ3n) is 5.95. The molecule has 1 amide bonds. The Hall–Kier alpha value is -3.31. The second-order valence-electron chi connectivity index (χ2n) is 9.06. The van der Waals surface area contributed by atoms with Crippen LogP contribution in [0.3, 0.4) is 0 Å². The molecule has 0 saturated heterocycles. The van der Waals surface area contributed by atoms with E-state index < -0.39 is 6.09 Å². The van der Waals surface area contributed by atoms with Crippen LogP contribution in [0.4, 0.5) is 16.2 Å². The molecule has 3 rings (SSSR count). The monoisotopic (exact) mass is 460 g/mol. The van der Waals surface area contributed by atoms with Gasteiger partial charge in [0.2, 0.25) is 0 Å². The fraction of sp³-hybridized carbons (Fsp3) is 0.345. The molecule has 0 saturated carbocycles. The van der Waals surface area contributed by atoms with E-state index in [1.165, 1.54) is 5.69 Å². The predicted octanol–water partition coefficient (Wildman–Crippen LogP) is 6.95. The van der Waals surface area contributed by atoms with Crippen molar-refractivity contribution >= 4 is 17.5 Å². The van der Waals surface area contributed by atoms with Crippen LogP contribution >= 0.6 is 0 Å². The van der Waals surface area contributed by atoms with Gasteiger partial charge in [0.1, 0.15) is 5.75 Å². The second-order valence-corrected chi connectivity index (χ2v) is 9.06. The molecule has 34 heavy (non-hydrogen) atoms. The quantitative estimate of drug-likeness (QED) is 0.362. The summed E-state index contributed by atoms with van der Waals surface area (Å²) in [5, 5.41) is 12.5. The number of carbonyl (C=O) groups excluding carboxylic acids is 1. The molecule has 5 heteroatoms. The third-order valence-corrected chi connectivity index (χ3v) is 5.95. The molecule has 0 aromatic heterocycles. The van der Waals surface area contributed by atoms with E-state index in [-0.39, 0.29) is 12.5 Å². The lowest BCUT2D eigenvalue weighted by atomic mass is 9.87. The first kappa shape index (κ1) is 25.3. The molecule has 0 aliphatic carbocycles. The predicted molar refractivity (Wildman–Crippen MR) is 140 cm³/mol. The number of aliphatic hydroxyl groups is 1. The number of hydrogen-bond donors (Lipinski definition) is 2. The van der Waals surface area contributed by atoms with Gasteiger partial charge in [-0.15, -0.1) is 0 Å². The van der Waals surface area contributed by atoms with E-state index in [0.717, 1.165) is 23.1 Å². The number of ether oxygens (including phenoxy) is 1. The number of nitrogens with one attached hydrogen (secondary N) is 1. The van der Waals surface area contributed by atoms with Gasteiger partial charge < -0.3 is 14.7 Å². The lowest BCUT2D eigenvalue weighted by molar-refractivity contribution is 0.214. The molecule has 3 aromatic carbocycles. The van der Waals surface area contributed by atoms with Crippen molar-refractivity contribution in [2.75, 3.05) is 10.2 Å². The van der Waals surface area contributed by atoms with Crippen molar-refractivity contribution < 1.29 is 14.6 Å². The Morgan fingerprint density at radius 3 is 2.26 bits per heavy atom. The normalized spacial score (nSPS) is 12.0. The average molecular weight is 461 g/mol. The van der Waals surface area contributed by atoms with Gasteiger partial charge >= 0.3 is 6.09 Å². The summed E-state index contributed by atoms with van der Waals surface area (Å²) in [5.41, 5.74) is 4.66. The fourth-order valence-electron chi connectivity index (χ4n) is 4.56. The summed E-state index contributed by atoms with van der Waals surface area (Å²) in [5.74, 6) is 0.500. The van der Waals surface area contributed by atoms with Gasteiger partial charge in [-0.1, -0.05) is 43.3 Å².